The molecule has 2 aromatic carbocycles. The summed E-state index contributed by atoms with van der Waals surface area (Å²) in [5.74, 6) is 0.219. The van der Waals surface area contributed by atoms with Crippen LogP contribution >= 0.6 is 23.4 Å². The number of amides is 3. The molecule has 3 aromatic rings. The minimum absolute atomic E-state index is 0.251. The summed E-state index contributed by atoms with van der Waals surface area (Å²) in [5.41, 5.74) is 0.563. The van der Waals surface area contributed by atoms with Gasteiger partial charge in [0.15, 0.2) is 5.16 Å². The molecule has 0 aliphatic carbocycles. The van der Waals surface area contributed by atoms with E-state index in [0.29, 0.717) is 33.9 Å². The molecule has 1 atom stereocenters. The topological polar surface area (TPSA) is 102 Å². The lowest BCUT2D eigenvalue weighted by Crippen LogP contribution is -2.43. The SMILES string of the molecule is COc1ccccc1-n1c(SC(C)C(=O)NC(=O)NCC(C)C)nc2cc(Cl)ccc2c1=O. The number of rotatable bonds is 7. The van der Waals surface area contributed by atoms with Crippen molar-refractivity contribution in [2.75, 3.05) is 13.7 Å². The highest BCUT2D eigenvalue weighted by atomic mass is 35.5. The summed E-state index contributed by atoms with van der Waals surface area (Å²) in [4.78, 5) is 42.7. The van der Waals surface area contributed by atoms with E-state index in [4.69, 9.17) is 16.3 Å². The van der Waals surface area contributed by atoms with E-state index in [1.54, 1.807) is 49.4 Å². The van der Waals surface area contributed by atoms with E-state index in [-0.39, 0.29) is 16.6 Å². The largest absolute Gasteiger partial charge is 0.495 e. The molecule has 174 valence electrons. The predicted octanol–water partition coefficient (Wildman–Crippen LogP) is 4.01. The number of halogens is 1. The average Bonchev–Trinajstić information content (AvgIpc) is 2.77. The third kappa shape index (κ3) is 5.85. The zero-order valence-corrected chi connectivity index (χ0v) is 20.3. The molecule has 0 aliphatic heterocycles. The molecule has 3 amide bonds. The smallest absolute Gasteiger partial charge is 0.321 e. The summed E-state index contributed by atoms with van der Waals surface area (Å²) in [5, 5.41) is 5.33. The number of urea groups is 1. The molecule has 1 heterocycles. The van der Waals surface area contributed by atoms with Gasteiger partial charge in [0.1, 0.15) is 5.75 Å². The van der Waals surface area contributed by atoms with Crippen molar-refractivity contribution in [3.63, 3.8) is 0 Å². The van der Waals surface area contributed by atoms with Gasteiger partial charge in [0.2, 0.25) is 5.91 Å². The molecule has 0 radical (unpaired) electrons. The van der Waals surface area contributed by atoms with E-state index in [9.17, 15) is 14.4 Å². The van der Waals surface area contributed by atoms with Crippen molar-refractivity contribution in [2.24, 2.45) is 5.92 Å². The van der Waals surface area contributed by atoms with Crippen molar-refractivity contribution in [1.29, 1.82) is 0 Å². The molecule has 8 nitrogen and oxygen atoms in total. The third-order valence-electron chi connectivity index (χ3n) is 4.69. The first kappa shape index (κ1) is 24.6. The summed E-state index contributed by atoms with van der Waals surface area (Å²) in [6.07, 6.45) is 0. The van der Waals surface area contributed by atoms with Crippen LogP contribution in [0.3, 0.4) is 0 Å². The summed E-state index contributed by atoms with van der Waals surface area (Å²) < 4.78 is 6.85. The number of nitrogens with zero attached hydrogens (tertiary/aromatic N) is 2. The Labute approximate surface area is 200 Å². The quantitative estimate of drug-likeness (QED) is 0.385. The number of hydrogen-bond acceptors (Lipinski definition) is 6. The maximum absolute atomic E-state index is 13.5. The fraction of sp³-hybridized carbons (Fsp3) is 0.304. The highest BCUT2D eigenvalue weighted by Crippen LogP contribution is 2.29. The maximum Gasteiger partial charge on any atom is 0.321 e. The zero-order chi connectivity index (χ0) is 24.1. The Morgan fingerprint density at radius 1 is 1.18 bits per heavy atom. The van der Waals surface area contributed by atoms with Crippen molar-refractivity contribution < 1.29 is 14.3 Å². The van der Waals surface area contributed by atoms with Gasteiger partial charge >= 0.3 is 6.03 Å². The van der Waals surface area contributed by atoms with E-state index in [2.05, 4.69) is 15.6 Å². The van der Waals surface area contributed by atoms with E-state index < -0.39 is 17.2 Å². The van der Waals surface area contributed by atoms with Gasteiger partial charge in [0.05, 0.1) is 29.0 Å². The van der Waals surface area contributed by atoms with E-state index in [1.165, 1.54) is 11.7 Å². The molecule has 1 unspecified atom stereocenters. The van der Waals surface area contributed by atoms with Crippen LogP contribution in [0.25, 0.3) is 16.6 Å². The fourth-order valence-corrected chi connectivity index (χ4v) is 4.10. The Morgan fingerprint density at radius 3 is 2.61 bits per heavy atom. The standard InChI is InChI=1S/C23H25ClN4O4S/c1-13(2)12-25-22(31)27-20(29)14(3)33-23-26-17-11-15(24)9-10-16(17)21(30)28(23)18-7-5-6-8-19(18)32-4/h5-11,13-14H,12H2,1-4H3,(H2,25,27,29,31). The van der Waals surface area contributed by atoms with Crippen LogP contribution in [0.2, 0.25) is 5.02 Å². The lowest BCUT2D eigenvalue weighted by atomic mass is 10.2. The van der Waals surface area contributed by atoms with Gasteiger partial charge in [-0.1, -0.05) is 49.3 Å². The van der Waals surface area contributed by atoms with Crippen LogP contribution in [0.1, 0.15) is 20.8 Å². The Hall–Kier alpha value is -3.04. The maximum atomic E-state index is 13.5. The molecule has 0 aliphatic rings. The van der Waals surface area contributed by atoms with Gasteiger partial charge in [-0.25, -0.2) is 9.78 Å². The molecular formula is C23H25ClN4O4S. The van der Waals surface area contributed by atoms with E-state index in [1.807, 2.05) is 13.8 Å². The highest BCUT2D eigenvalue weighted by Gasteiger charge is 2.23. The van der Waals surface area contributed by atoms with Gasteiger partial charge in [0, 0.05) is 11.6 Å². The Morgan fingerprint density at radius 2 is 1.91 bits per heavy atom. The Kier molecular flexibility index (Phi) is 7.99. The lowest BCUT2D eigenvalue weighted by molar-refractivity contribution is -0.119. The van der Waals surface area contributed by atoms with Gasteiger partial charge in [-0.3, -0.25) is 19.5 Å². The highest BCUT2D eigenvalue weighted by molar-refractivity contribution is 8.00. The number of carbonyl (C=O) groups excluding carboxylic acids is 2. The van der Waals surface area contributed by atoms with Crippen LogP contribution in [-0.4, -0.2) is 40.4 Å². The van der Waals surface area contributed by atoms with Gasteiger partial charge < -0.3 is 10.1 Å². The van der Waals surface area contributed by atoms with E-state index in [0.717, 1.165) is 11.8 Å². The number of aromatic nitrogens is 2. The second kappa shape index (κ2) is 10.7. The minimum atomic E-state index is -0.723. The van der Waals surface area contributed by atoms with E-state index >= 15 is 0 Å². The molecule has 10 heteroatoms. The molecule has 0 saturated heterocycles. The fourth-order valence-electron chi connectivity index (χ4n) is 3.01. The van der Waals surface area contributed by atoms with Crippen LogP contribution in [0.15, 0.2) is 52.4 Å². The molecular weight excluding hydrogens is 464 g/mol. The first-order chi connectivity index (χ1) is 15.7. The molecule has 0 spiro atoms. The van der Waals surface area contributed by atoms with Crippen LogP contribution < -0.4 is 20.9 Å². The van der Waals surface area contributed by atoms with Crippen molar-refractivity contribution in [3.8, 4) is 11.4 Å². The van der Waals surface area contributed by atoms with Gasteiger partial charge in [0.25, 0.3) is 5.56 Å². The third-order valence-corrected chi connectivity index (χ3v) is 5.97. The molecule has 33 heavy (non-hydrogen) atoms. The first-order valence-electron chi connectivity index (χ1n) is 10.3. The van der Waals surface area contributed by atoms with Gasteiger partial charge in [-0.15, -0.1) is 0 Å². The van der Waals surface area contributed by atoms with Crippen LogP contribution in [0, 0.1) is 5.92 Å². The normalized spacial score (nSPS) is 11.9. The molecule has 0 saturated carbocycles. The lowest BCUT2D eigenvalue weighted by Gasteiger charge is -2.18. The van der Waals surface area contributed by atoms with Crippen molar-refractivity contribution in [2.45, 2.75) is 31.2 Å². The number of fused-ring (bicyclic) bond motifs is 1. The van der Waals surface area contributed by atoms with Gasteiger partial charge in [-0.2, -0.15) is 0 Å². The number of hydrogen-bond donors (Lipinski definition) is 2. The summed E-state index contributed by atoms with van der Waals surface area (Å²) >= 11 is 7.16. The molecule has 3 rings (SSSR count). The molecule has 1 aromatic heterocycles. The molecule has 0 bridgehead atoms. The van der Waals surface area contributed by atoms with Gasteiger partial charge in [-0.05, 0) is 43.2 Å². The van der Waals surface area contributed by atoms with Crippen molar-refractivity contribution in [3.05, 3.63) is 57.8 Å². The number of nitrogens with one attached hydrogen (secondary N) is 2. The summed E-state index contributed by atoms with van der Waals surface area (Å²) in [6, 6.07) is 11.3. The predicted molar refractivity (Wildman–Crippen MR) is 131 cm³/mol. The number of benzene rings is 2. The zero-order valence-electron chi connectivity index (χ0n) is 18.7. The number of methoxy groups -OCH3 is 1. The second-order valence-electron chi connectivity index (χ2n) is 7.72. The first-order valence-corrected chi connectivity index (χ1v) is 11.6. The van der Waals surface area contributed by atoms with Crippen LogP contribution in [0.5, 0.6) is 5.75 Å². The number of imide groups is 1. The summed E-state index contributed by atoms with van der Waals surface area (Å²) in [6.45, 7) is 5.99. The van der Waals surface area contributed by atoms with Crippen LogP contribution in [-0.2, 0) is 4.79 Å². The van der Waals surface area contributed by atoms with Crippen molar-refractivity contribution in [1.82, 2.24) is 20.2 Å². The summed E-state index contributed by atoms with van der Waals surface area (Å²) in [7, 11) is 1.51. The minimum Gasteiger partial charge on any atom is -0.495 e. The number of ether oxygens (including phenoxy) is 1. The van der Waals surface area contributed by atoms with Crippen molar-refractivity contribution >= 4 is 46.2 Å². The molecule has 2 N–H and O–H groups in total. The second-order valence-corrected chi connectivity index (χ2v) is 9.47. The monoisotopic (exact) mass is 488 g/mol. The van der Waals surface area contributed by atoms with Crippen LogP contribution in [0.4, 0.5) is 4.79 Å². The Bertz CT molecular complexity index is 1240. The molecule has 0 fully saturated rings. The average molecular weight is 489 g/mol. The number of para-hydroxylation sites is 2. The number of thioether (sulfide) groups is 1. The Balaban J connectivity index is 2.01. The number of carbonyl (C=O) groups is 2.